The number of hydrogen-bond donors (Lipinski definition) is 2. The molecule has 0 radical (unpaired) electrons. The lowest BCUT2D eigenvalue weighted by Crippen LogP contribution is -2.30. The summed E-state index contributed by atoms with van der Waals surface area (Å²) in [4.78, 5) is 24.7. The number of nitrogens with one attached hydrogen (secondary N) is 2. The summed E-state index contributed by atoms with van der Waals surface area (Å²) in [6.07, 6.45) is 0.280. The Morgan fingerprint density at radius 3 is 2.17 bits per heavy atom. The van der Waals surface area contributed by atoms with E-state index in [1.165, 1.54) is 5.56 Å². The summed E-state index contributed by atoms with van der Waals surface area (Å²) in [5, 5.41) is 5.73. The fourth-order valence-corrected chi connectivity index (χ4v) is 2.89. The molecular formula is C25H26N2O3. The summed E-state index contributed by atoms with van der Waals surface area (Å²) in [6.45, 7) is 4.24. The minimum Gasteiger partial charge on any atom is -0.481 e. The Balaban J connectivity index is 1.51. The summed E-state index contributed by atoms with van der Waals surface area (Å²) in [7, 11) is 0. The molecule has 0 aliphatic heterocycles. The van der Waals surface area contributed by atoms with Gasteiger partial charge in [-0.25, -0.2) is 0 Å². The molecule has 3 rings (SSSR count). The van der Waals surface area contributed by atoms with Gasteiger partial charge >= 0.3 is 0 Å². The molecule has 0 heterocycles. The summed E-state index contributed by atoms with van der Waals surface area (Å²) in [5.74, 6) is 0.134. The van der Waals surface area contributed by atoms with Gasteiger partial charge in [0.25, 0.3) is 11.8 Å². The van der Waals surface area contributed by atoms with Crippen LogP contribution in [0.5, 0.6) is 5.75 Å². The first kappa shape index (κ1) is 21.1. The van der Waals surface area contributed by atoms with Gasteiger partial charge in [-0.15, -0.1) is 0 Å². The van der Waals surface area contributed by atoms with Crippen LogP contribution in [0.15, 0.2) is 78.9 Å². The molecule has 2 amide bonds. The Morgan fingerprint density at radius 1 is 0.867 bits per heavy atom. The molecule has 154 valence electrons. The number of hydrogen-bond acceptors (Lipinski definition) is 3. The molecule has 5 heteroatoms. The number of carbonyl (C=O) groups is 2. The third-order valence-electron chi connectivity index (χ3n) is 4.72. The van der Waals surface area contributed by atoms with Crippen molar-refractivity contribution in [2.45, 2.75) is 32.9 Å². The average molecular weight is 402 g/mol. The van der Waals surface area contributed by atoms with Gasteiger partial charge in [0.05, 0.1) is 0 Å². The van der Waals surface area contributed by atoms with Crippen molar-refractivity contribution in [2.24, 2.45) is 0 Å². The van der Waals surface area contributed by atoms with Crippen LogP contribution in [0.2, 0.25) is 0 Å². The summed E-state index contributed by atoms with van der Waals surface area (Å²) >= 11 is 0. The number of ether oxygens (including phenoxy) is 1. The van der Waals surface area contributed by atoms with E-state index in [0.717, 1.165) is 17.7 Å². The molecule has 0 spiro atoms. The van der Waals surface area contributed by atoms with Crippen LogP contribution in [0.25, 0.3) is 0 Å². The van der Waals surface area contributed by atoms with E-state index in [4.69, 9.17) is 4.74 Å². The maximum atomic E-state index is 12.4. The van der Waals surface area contributed by atoms with Crippen LogP contribution in [0, 0.1) is 0 Å². The first-order valence-electron chi connectivity index (χ1n) is 10.0. The highest BCUT2D eigenvalue weighted by Crippen LogP contribution is 2.16. The van der Waals surface area contributed by atoms with E-state index in [-0.39, 0.29) is 11.8 Å². The zero-order valence-electron chi connectivity index (χ0n) is 17.2. The molecule has 30 heavy (non-hydrogen) atoms. The maximum absolute atomic E-state index is 12.4. The third kappa shape index (κ3) is 5.95. The first-order valence-corrected chi connectivity index (χ1v) is 10.0. The van der Waals surface area contributed by atoms with Crippen LogP contribution in [-0.4, -0.2) is 17.9 Å². The fraction of sp³-hybridized carbons (Fsp3) is 0.200. The zero-order chi connectivity index (χ0) is 21.3. The van der Waals surface area contributed by atoms with Gasteiger partial charge in [0.2, 0.25) is 0 Å². The van der Waals surface area contributed by atoms with Gasteiger partial charge < -0.3 is 15.4 Å². The Morgan fingerprint density at radius 2 is 1.53 bits per heavy atom. The Kier molecular flexibility index (Phi) is 7.22. The van der Waals surface area contributed by atoms with Gasteiger partial charge in [-0.3, -0.25) is 9.59 Å². The number of benzene rings is 3. The highest BCUT2D eigenvalue weighted by atomic mass is 16.5. The first-order chi connectivity index (χ1) is 14.5. The summed E-state index contributed by atoms with van der Waals surface area (Å²) in [5.41, 5.74) is 3.52. The normalized spacial score (nSPS) is 11.4. The van der Waals surface area contributed by atoms with Crippen molar-refractivity contribution < 1.29 is 14.3 Å². The molecule has 5 nitrogen and oxygen atoms in total. The predicted octanol–water partition coefficient (Wildman–Crippen LogP) is 4.59. The molecule has 0 unspecified atom stereocenters. The second kappa shape index (κ2) is 10.3. The highest BCUT2D eigenvalue weighted by molar-refractivity contribution is 5.95. The van der Waals surface area contributed by atoms with E-state index >= 15 is 0 Å². The second-order valence-corrected chi connectivity index (χ2v) is 6.99. The highest BCUT2D eigenvalue weighted by Gasteiger charge is 2.15. The molecule has 0 aliphatic carbocycles. The number of aryl methyl sites for hydroxylation is 1. The Hall–Kier alpha value is -3.60. The van der Waals surface area contributed by atoms with Gasteiger partial charge in [-0.2, -0.15) is 0 Å². The van der Waals surface area contributed by atoms with Crippen molar-refractivity contribution in [1.82, 2.24) is 5.32 Å². The minimum absolute atomic E-state index is 0.160. The van der Waals surface area contributed by atoms with Gasteiger partial charge in [0.15, 0.2) is 6.10 Å². The van der Waals surface area contributed by atoms with E-state index in [1.54, 1.807) is 31.2 Å². The molecule has 2 N–H and O–H groups in total. The van der Waals surface area contributed by atoms with Gasteiger partial charge in [0.1, 0.15) is 5.75 Å². The van der Waals surface area contributed by atoms with Crippen molar-refractivity contribution in [1.29, 1.82) is 0 Å². The number of anilines is 1. The molecule has 0 aromatic heterocycles. The quantitative estimate of drug-likeness (QED) is 0.579. The second-order valence-electron chi connectivity index (χ2n) is 6.99. The van der Waals surface area contributed by atoms with Crippen molar-refractivity contribution in [3.8, 4) is 5.75 Å². The molecule has 3 aromatic carbocycles. The van der Waals surface area contributed by atoms with Crippen molar-refractivity contribution in [3.05, 3.63) is 95.6 Å². The van der Waals surface area contributed by atoms with Crippen LogP contribution in [0.1, 0.15) is 35.3 Å². The minimum atomic E-state index is -0.673. The molecule has 0 aliphatic rings. The van der Waals surface area contributed by atoms with Crippen LogP contribution >= 0.6 is 0 Å². The number of carbonyl (C=O) groups excluding carboxylic acids is 2. The van der Waals surface area contributed by atoms with Gasteiger partial charge in [-0.1, -0.05) is 49.4 Å². The molecular weight excluding hydrogens is 376 g/mol. The van der Waals surface area contributed by atoms with Crippen LogP contribution < -0.4 is 15.4 Å². The topological polar surface area (TPSA) is 67.4 Å². The zero-order valence-corrected chi connectivity index (χ0v) is 17.2. The van der Waals surface area contributed by atoms with E-state index in [0.29, 0.717) is 17.9 Å². The molecule has 0 bridgehead atoms. The smallest absolute Gasteiger partial charge is 0.265 e. The maximum Gasteiger partial charge on any atom is 0.265 e. The van der Waals surface area contributed by atoms with Crippen molar-refractivity contribution in [3.63, 3.8) is 0 Å². The van der Waals surface area contributed by atoms with Crippen LogP contribution in [-0.2, 0) is 17.8 Å². The van der Waals surface area contributed by atoms with Crippen molar-refractivity contribution in [2.75, 3.05) is 5.32 Å². The number of rotatable bonds is 8. The molecule has 3 aromatic rings. The predicted molar refractivity (Wildman–Crippen MR) is 119 cm³/mol. The van der Waals surface area contributed by atoms with E-state index < -0.39 is 6.10 Å². The van der Waals surface area contributed by atoms with E-state index in [1.807, 2.05) is 54.6 Å². The lowest BCUT2D eigenvalue weighted by molar-refractivity contribution is -0.122. The fourth-order valence-electron chi connectivity index (χ4n) is 2.89. The molecule has 0 saturated carbocycles. The molecule has 1 atom stereocenters. The average Bonchev–Trinajstić information content (AvgIpc) is 2.79. The van der Waals surface area contributed by atoms with E-state index in [9.17, 15) is 9.59 Å². The van der Waals surface area contributed by atoms with Crippen LogP contribution in [0.4, 0.5) is 5.69 Å². The SMILES string of the molecule is CCc1ccc(NC(=O)[C@H](C)Oc2ccc(C(=O)NCc3ccccc3)cc2)cc1. The largest absolute Gasteiger partial charge is 0.481 e. The monoisotopic (exact) mass is 402 g/mol. The summed E-state index contributed by atoms with van der Waals surface area (Å²) in [6, 6.07) is 24.2. The number of amides is 2. The van der Waals surface area contributed by atoms with Crippen molar-refractivity contribution >= 4 is 17.5 Å². The Labute approximate surface area is 177 Å². The Bertz CT molecular complexity index is 968. The molecule has 0 fully saturated rings. The molecule has 0 saturated heterocycles. The summed E-state index contributed by atoms with van der Waals surface area (Å²) < 4.78 is 5.71. The van der Waals surface area contributed by atoms with E-state index in [2.05, 4.69) is 17.6 Å². The van der Waals surface area contributed by atoms with Gasteiger partial charge in [0, 0.05) is 17.8 Å². The third-order valence-corrected chi connectivity index (χ3v) is 4.72. The van der Waals surface area contributed by atoms with Gasteiger partial charge in [-0.05, 0) is 60.9 Å². The standard InChI is InChI=1S/C25H26N2O3/c1-3-19-9-13-22(14-10-19)27-24(28)18(2)30-23-15-11-21(12-16-23)25(29)26-17-20-7-5-4-6-8-20/h4-16,18H,3,17H2,1-2H3,(H,26,29)(H,27,28)/t18-/m0/s1. The lowest BCUT2D eigenvalue weighted by Gasteiger charge is -2.15. The van der Waals surface area contributed by atoms with Crippen LogP contribution in [0.3, 0.4) is 0 Å². The lowest BCUT2D eigenvalue weighted by atomic mass is 10.1.